The van der Waals surface area contributed by atoms with Crippen LogP contribution in [-0.4, -0.2) is 21.6 Å². The number of hydrogen-bond acceptors (Lipinski definition) is 3. The Labute approximate surface area is 162 Å². The van der Waals surface area contributed by atoms with Gasteiger partial charge in [0.05, 0.1) is 16.6 Å². The minimum Gasteiger partial charge on any atom is -0.494 e. The molecule has 0 spiro atoms. The van der Waals surface area contributed by atoms with E-state index in [2.05, 4.69) is 10.6 Å². The quantitative estimate of drug-likeness (QED) is 0.580. The molecule has 0 aliphatic carbocycles. The lowest BCUT2D eigenvalue weighted by Gasteiger charge is -2.27. The Bertz CT molecular complexity index is 1100. The van der Waals surface area contributed by atoms with Gasteiger partial charge in [-0.25, -0.2) is 9.18 Å². The summed E-state index contributed by atoms with van der Waals surface area (Å²) in [6.07, 6.45) is 1.59. The summed E-state index contributed by atoms with van der Waals surface area (Å²) in [5, 5.41) is 17.0. The molecule has 6 nitrogen and oxygen atoms in total. The van der Waals surface area contributed by atoms with Crippen molar-refractivity contribution in [2.75, 3.05) is 0 Å². The molecular formula is C18H12Cl2FN3O3. The topological polar surface area (TPSA) is 83.4 Å². The summed E-state index contributed by atoms with van der Waals surface area (Å²) in [5.74, 6) is -1.22. The van der Waals surface area contributed by atoms with Crippen LogP contribution >= 0.6 is 23.2 Å². The molecule has 138 valence electrons. The maximum atomic E-state index is 13.3. The zero-order chi connectivity index (χ0) is 19.3. The Morgan fingerprint density at radius 2 is 1.78 bits per heavy atom. The van der Waals surface area contributed by atoms with E-state index in [9.17, 15) is 19.1 Å². The summed E-state index contributed by atoms with van der Waals surface area (Å²) in [6.45, 7) is -0.119. The van der Waals surface area contributed by atoms with Crippen molar-refractivity contribution in [3.05, 3.63) is 64.0 Å². The SMILES string of the molecule is O=C1NC(=O)[C@](Cn2cc3cc(Cl)c(Cl)cc3c2O)(c2ccc(F)cc2)N1. The molecule has 3 amide bonds. The zero-order valence-corrected chi connectivity index (χ0v) is 15.1. The van der Waals surface area contributed by atoms with Gasteiger partial charge >= 0.3 is 6.03 Å². The van der Waals surface area contributed by atoms with Crippen LogP contribution in [0.2, 0.25) is 10.0 Å². The Balaban J connectivity index is 1.85. The van der Waals surface area contributed by atoms with E-state index in [4.69, 9.17) is 23.2 Å². The number of aromatic nitrogens is 1. The van der Waals surface area contributed by atoms with Crippen LogP contribution in [0.5, 0.6) is 5.88 Å². The van der Waals surface area contributed by atoms with Crippen LogP contribution in [0, 0.1) is 5.82 Å². The van der Waals surface area contributed by atoms with Crippen LogP contribution in [0.3, 0.4) is 0 Å². The van der Waals surface area contributed by atoms with Gasteiger partial charge < -0.3 is 15.0 Å². The molecule has 1 saturated heterocycles. The van der Waals surface area contributed by atoms with Crippen LogP contribution < -0.4 is 10.6 Å². The van der Waals surface area contributed by atoms with E-state index in [1.54, 1.807) is 12.3 Å². The molecule has 4 rings (SSSR count). The number of rotatable bonds is 3. The molecule has 1 atom stereocenters. The van der Waals surface area contributed by atoms with E-state index in [0.717, 1.165) is 0 Å². The number of carbonyl (C=O) groups excluding carboxylic acids is 2. The first-order valence-electron chi connectivity index (χ1n) is 7.87. The second-order valence-corrected chi connectivity index (χ2v) is 7.07. The van der Waals surface area contributed by atoms with E-state index >= 15 is 0 Å². The maximum absolute atomic E-state index is 13.3. The number of imide groups is 1. The lowest BCUT2D eigenvalue weighted by Crippen LogP contribution is -2.47. The van der Waals surface area contributed by atoms with Gasteiger partial charge in [-0.05, 0) is 29.8 Å². The second kappa shape index (κ2) is 6.14. The fourth-order valence-electron chi connectivity index (χ4n) is 3.25. The highest BCUT2D eigenvalue weighted by Gasteiger charge is 2.48. The summed E-state index contributed by atoms with van der Waals surface area (Å²) >= 11 is 12.0. The normalized spacial score (nSPS) is 19.4. The van der Waals surface area contributed by atoms with Crippen LogP contribution in [0.1, 0.15) is 5.56 Å². The third kappa shape index (κ3) is 2.79. The lowest BCUT2D eigenvalue weighted by atomic mass is 9.89. The largest absolute Gasteiger partial charge is 0.494 e. The molecule has 9 heteroatoms. The highest BCUT2D eigenvalue weighted by molar-refractivity contribution is 6.42. The number of aromatic hydroxyl groups is 1. The first kappa shape index (κ1) is 17.6. The summed E-state index contributed by atoms with van der Waals surface area (Å²) in [6, 6.07) is 7.65. The number of urea groups is 1. The van der Waals surface area contributed by atoms with Gasteiger partial charge in [0.15, 0.2) is 11.4 Å². The van der Waals surface area contributed by atoms with Gasteiger partial charge in [0.1, 0.15) is 5.82 Å². The number of amides is 3. The molecule has 0 unspecified atom stereocenters. The molecule has 1 fully saturated rings. The summed E-state index contributed by atoms with van der Waals surface area (Å²) in [4.78, 5) is 24.4. The third-order valence-corrected chi connectivity index (χ3v) is 5.31. The van der Waals surface area contributed by atoms with Crippen LogP contribution in [-0.2, 0) is 16.9 Å². The van der Waals surface area contributed by atoms with Gasteiger partial charge in [0, 0.05) is 17.0 Å². The molecule has 2 aromatic carbocycles. The summed E-state index contributed by atoms with van der Waals surface area (Å²) in [5.41, 5.74) is -1.13. The fourth-order valence-corrected chi connectivity index (χ4v) is 3.59. The van der Waals surface area contributed by atoms with E-state index in [1.165, 1.54) is 34.9 Å². The van der Waals surface area contributed by atoms with Crippen molar-refractivity contribution in [2.24, 2.45) is 0 Å². The predicted octanol–water partition coefficient (Wildman–Crippen LogP) is 3.53. The second-order valence-electron chi connectivity index (χ2n) is 6.25. The van der Waals surface area contributed by atoms with Gasteiger partial charge in [0.2, 0.25) is 0 Å². The Kier molecular flexibility index (Phi) is 4.01. The van der Waals surface area contributed by atoms with Crippen molar-refractivity contribution >= 4 is 45.9 Å². The molecule has 3 N–H and O–H groups in total. The first-order valence-corrected chi connectivity index (χ1v) is 8.62. The number of benzene rings is 2. The van der Waals surface area contributed by atoms with Crippen molar-refractivity contribution in [3.8, 4) is 5.88 Å². The zero-order valence-electron chi connectivity index (χ0n) is 13.6. The van der Waals surface area contributed by atoms with Crippen LogP contribution in [0.4, 0.5) is 9.18 Å². The molecule has 1 aliphatic rings. The van der Waals surface area contributed by atoms with Gasteiger partial charge in [-0.15, -0.1) is 0 Å². The van der Waals surface area contributed by atoms with Gasteiger partial charge in [0.25, 0.3) is 5.91 Å². The molecule has 0 radical (unpaired) electrons. The standard InChI is InChI=1S/C18H12Cl2FN3O3/c19-13-5-9-7-24(15(25)12(9)6-14(13)20)8-18(16(26)22-17(27)23-18)10-1-3-11(21)4-2-10/h1-7,25H,8H2,(H2,22,23,26,27)/t18-/m0/s1. The number of nitrogens with one attached hydrogen (secondary N) is 2. The van der Waals surface area contributed by atoms with Crippen LogP contribution in [0.25, 0.3) is 10.8 Å². The van der Waals surface area contributed by atoms with E-state index in [-0.39, 0.29) is 17.4 Å². The number of nitrogens with zero attached hydrogens (tertiary/aromatic N) is 1. The van der Waals surface area contributed by atoms with Crippen molar-refractivity contribution in [1.29, 1.82) is 0 Å². The molecule has 0 bridgehead atoms. The molecule has 1 aliphatic heterocycles. The van der Waals surface area contributed by atoms with Crippen molar-refractivity contribution < 1.29 is 19.1 Å². The minimum absolute atomic E-state index is 0.119. The Morgan fingerprint density at radius 1 is 1.11 bits per heavy atom. The van der Waals surface area contributed by atoms with E-state index in [1.807, 2.05) is 0 Å². The molecule has 1 aromatic heterocycles. The number of halogens is 3. The highest BCUT2D eigenvalue weighted by atomic mass is 35.5. The molecule has 27 heavy (non-hydrogen) atoms. The monoisotopic (exact) mass is 407 g/mol. The van der Waals surface area contributed by atoms with Crippen molar-refractivity contribution in [3.63, 3.8) is 0 Å². The maximum Gasteiger partial charge on any atom is 0.322 e. The van der Waals surface area contributed by atoms with Crippen molar-refractivity contribution in [2.45, 2.75) is 12.1 Å². The number of fused-ring (bicyclic) bond motifs is 1. The minimum atomic E-state index is -1.51. The molecule has 0 saturated carbocycles. The fraction of sp³-hybridized carbons (Fsp3) is 0.111. The molecule has 2 heterocycles. The summed E-state index contributed by atoms with van der Waals surface area (Å²) in [7, 11) is 0. The first-order chi connectivity index (χ1) is 12.8. The van der Waals surface area contributed by atoms with Gasteiger partial charge in [-0.1, -0.05) is 35.3 Å². The molecular weight excluding hydrogens is 396 g/mol. The van der Waals surface area contributed by atoms with E-state index < -0.39 is 23.3 Å². The third-order valence-electron chi connectivity index (χ3n) is 4.59. The average Bonchev–Trinajstić information content (AvgIpc) is 3.06. The summed E-state index contributed by atoms with van der Waals surface area (Å²) < 4.78 is 14.7. The number of hydrogen-bond donors (Lipinski definition) is 3. The highest BCUT2D eigenvalue weighted by Crippen LogP contribution is 2.36. The van der Waals surface area contributed by atoms with E-state index in [0.29, 0.717) is 21.4 Å². The molecule has 3 aromatic rings. The smallest absolute Gasteiger partial charge is 0.322 e. The van der Waals surface area contributed by atoms with Gasteiger partial charge in [-0.3, -0.25) is 10.1 Å². The number of carbonyl (C=O) groups is 2. The van der Waals surface area contributed by atoms with Crippen molar-refractivity contribution in [1.82, 2.24) is 15.2 Å². The van der Waals surface area contributed by atoms with Crippen LogP contribution in [0.15, 0.2) is 42.6 Å². The van der Waals surface area contributed by atoms with Gasteiger partial charge in [-0.2, -0.15) is 0 Å². The average molecular weight is 408 g/mol. The Hall–Kier alpha value is -2.77. The predicted molar refractivity (Wildman–Crippen MR) is 98.4 cm³/mol. The lowest BCUT2D eigenvalue weighted by molar-refractivity contribution is -0.124. The Morgan fingerprint density at radius 3 is 2.41 bits per heavy atom.